The van der Waals surface area contributed by atoms with E-state index in [-0.39, 0.29) is 17.6 Å². The number of benzene rings is 1. The maximum absolute atomic E-state index is 13.1. The second-order valence-electron chi connectivity index (χ2n) is 6.17. The van der Waals surface area contributed by atoms with Gasteiger partial charge in [-0.15, -0.1) is 0 Å². The number of hydrogen-bond donors (Lipinski definition) is 2. The number of nitrogens with zero attached hydrogens (tertiary/aromatic N) is 1. The number of nitrogens with one attached hydrogen (secondary N) is 2. The molecular formula is C18H21FN3O3+. The highest BCUT2D eigenvalue weighted by atomic mass is 19.1. The second-order valence-corrected chi connectivity index (χ2v) is 6.17. The van der Waals surface area contributed by atoms with Crippen LogP contribution in [0, 0.1) is 12.7 Å². The maximum Gasteiger partial charge on any atom is 0.279 e. The topological polar surface area (TPSA) is 67.0 Å². The van der Waals surface area contributed by atoms with Gasteiger partial charge in [-0.3, -0.25) is 9.59 Å². The quantitative estimate of drug-likeness (QED) is 0.857. The van der Waals surface area contributed by atoms with Gasteiger partial charge in [0.2, 0.25) is 0 Å². The highest BCUT2D eigenvalue weighted by molar-refractivity contribution is 5.95. The Morgan fingerprint density at radius 1 is 1.28 bits per heavy atom. The van der Waals surface area contributed by atoms with Crippen LogP contribution in [-0.2, 0) is 4.79 Å². The van der Waals surface area contributed by atoms with E-state index >= 15 is 0 Å². The molecule has 2 N–H and O–H groups in total. The molecule has 1 aromatic heterocycles. The first-order valence-corrected chi connectivity index (χ1v) is 8.25. The number of anilines is 1. The van der Waals surface area contributed by atoms with Gasteiger partial charge in [-0.05, 0) is 31.2 Å². The summed E-state index contributed by atoms with van der Waals surface area (Å²) in [6.45, 7) is 4.63. The van der Waals surface area contributed by atoms with Crippen molar-refractivity contribution in [2.75, 3.05) is 38.0 Å². The largest absolute Gasteiger partial charge is 0.469 e. The fourth-order valence-electron chi connectivity index (χ4n) is 2.98. The lowest BCUT2D eigenvalue weighted by atomic mass is 10.2. The molecule has 2 heterocycles. The lowest BCUT2D eigenvalue weighted by Crippen LogP contribution is -3.15. The van der Waals surface area contributed by atoms with Crippen LogP contribution in [0.4, 0.5) is 10.1 Å². The van der Waals surface area contributed by atoms with Crippen molar-refractivity contribution in [2.24, 2.45) is 0 Å². The summed E-state index contributed by atoms with van der Waals surface area (Å²) >= 11 is 0. The van der Waals surface area contributed by atoms with Crippen molar-refractivity contribution in [3.05, 3.63) is 53.7 Å². The molecule has 132 valence electrons. The van der Waals surface area contributed by atoms with E-state index in [2.05, 4.69) is 5.32 Å². The molecule has 2 aromatic rings. The molecule has 1 aromatic carbocycles. The summed E-state index contributed by atoms with van der Waals surface area (Å²) in [7, 11) is 0. The number of halogens is 1. The minimum atomic E-state index is -0.383. The van der Waals surface area contributed by atoms with Crippen LogP contribution in [0.2, 0.25) is 0 Å². The van der Waals surface area contributed by atoms with Crippen molar-refractivity contribution in [2.45, 2.75) is 6.92 Å². The molecule has 1 aliphatic heterocycles. The Kier molecular flexibility index (Phi) is 5.14. The smallest absolute Gasteiger partial charge is 0.279 e. The average Bonchev–Trinajstić information content (AvgIpc) is 3.01. The van der Waals surface area contributed by atoms with Crippen LogP contribution >= 0.6 is 0 Å². The standard InChI is InChI=1S/C18H20FN3O3/c1-13-16(5-10-25-13)18(24)22-8-6-21(7-9-22)12-17(23)20-15-4-2-3-14(19)11-15/h2-5,10-11H,6-9,12H2,1H3,(H,20,23)/p+1. The summed E-state index contributed by atoms with van der Waals surface area (Å²) in [5.74, 6) is 0.0432. The molecule has 0 radical (unpaired) electrons. The number of carbonyl (C=O) groups is 2. The van der Waals surface area contributed by atoms with Crippen LogP contribution in [0.3, 0.4) is 0 Å². The van der Waals surface area contributed by atoms with Crippen LogP contribution < -0.4 is 10.2 Å². The molecule has 0 spiro atoms. The third kappa shape index (κ3) is 4.24. The first-order valence-electron chi connectivity index (χ1n) is 8.25. The second kappa shape index (κ2) is 7.48. The predicted molar refractivity (Wildman–Crippen MR) is 89.9 cm³/mol. The zero-order chi connectivity index (χ0) is 17.8. The number of hydrogen-bond acceptors (Lipinski definition) is 3. The number of rotatable bonds is 4. The third-order valence-corrected chi connectivity index (χ3v) is 4.37. The molecule has 0 bridgehead atoms. The van der Waals surface area contributed by atoms with E-state index in [1.807, 2.05) is 0 Å². The Hall–Kier alpha value is -2.67. The molecule has 3 rings (SSSR count). The average molecular weight is 346 g/mol. The van der Waals surface area contributed by atoms with Crippen molar-refractivity contribution < 1.29 is 23.3 Å². The Bertz CT molecular complexity index is 766. The first-order chi connectivity index (χ1) is 12.0. The van der Waals surface area contributed by atoms with Gasteiger partial charge >= 0.3 is 0 Å². The van der Waals surface area contributed by atoms with Crippen LogP contribution in [0.5, 0.6) is 0 Å². The molecule has 2 amide bonds. The van der Waals surface area contributed by atoms with Gasteiger partial charge in [0.25, 0.3) is 11.8 Å². The van der Waals surface area contributed by atoms with Gasteiger partial charge in [0.05, 0.1) is 38.0 Å². The summed E-state index contributed by atoms with van der Waals surface area (Å²) in [5.41, 5.74) is 1.04. The van der Waals surface area contributed by atoms with Gasteiger partial charge in [-0.25, -0.2) is 4.39 Å². The molecule has 0 aliphatic carbocycles. The van der Waals surface area contributed by atoms with Crippen LogP contribution in [0.1, 0.15) is 16.1 Å². The molecule has 25 heavy (non-hydrogen) atoms. The third-order valence-electron chi connectivity index (χ3n) is 4.37. The molecule has 7 heteroatoms. The van der Waals surface area contributed by atoms with Crippen molar-refractivity contribution in [1.29, 1.82) is 0 Å². The SMILES string of the molecule is Cc1occc1C(=O)N1CC[NH+](CC(=O)Nc2cccc(F)c2)CC1. The van der Waals surface area contributed by atoms with Crippen molar-refractivity contribution in [3.8, 4) is 0 Å². The summed E-state index contributed by atoms with van der Waals surface area (Å²) in [6, 6.07) is 7.51. The number of amides is 2. The van der Waals surface area contributed by atoms with Crippen molar-refractivity contribution in [3.63, 3.8) is 0 Å². The van der Waals surface area contributed by atoms with E-state index in [9.17, 15) is 14.0 Å². The van der Waals surface area contributed by atoms with E-state index in [1.54, 1.807) is 30.0 Å². The highest BCUT2D eigenvalue weighted by Crippen LogP contribution is 2.12. The van der Waals surface area contributed by atoms with E-state index < -0.39 is 0 Å². The minimum absolute atomic E-state index is 0.0329. The van der Waals surface area contributed by atoms with Crippen molar-refractivity contribution in [1.82, 2.24) is 4.90 Å². The molecule has 1 aliphatic rings. The highest BCUT2D eigenvalue weighted by Gasteiger charge is 2.27. The Morgan fingerprint density at radius 2 is 2.04 bits per heavy atom. The lowest BCUT2D eigenvalue weighted by molar-refractivity contribution is -0.895. The van der Waals surface area contributed by atoms with Gasteiger partial charge in [-0.2, -0.15) is 0 Å². The fraction of sp³-hybridized carbons (Fsp3) is 0.333. The normalized spacial score (nSPS) is 15.2. The zero-order valence-electron chi connectivity index (χ0n) is 14.0. The predicted octanol–water partition coefficient (Wildman–Crippen LogP) is 0.707. The van der Waals surface area contributed by atoms with Gasteiger partial charge in [0.1, 0.15) is 11.6 Å². The Balaban J connectivity index is 1.48. The monoisotopic (exact) mass is 346 g/mol. The van der Waals surface area contributed by atoms with E-state index in [1.165, 1.54) is 18.4 Å². The summed E-state index contributed by atoms with van der Waals surface area (Å²) in [4.78, 5) is 27.4. The van der Waals surface area contributed by atoms with E-state index in [0.717, 1.165) is 4.90 Å². The van der Waals surface area contributed by atoms with Crippen molar-refractivity contribution >= 4 is 17.5 Å². The lowest BCUT2D eigenvalue weighted by Gasteiger charge is -2.31. The molecule has 6 nitrogen and oxygen atoms in total. The van der Waals surface area contributed by atoms with Crippen LogP contribution in [0.25, 0.3) is 0 Å². The molecule has 0 unspecified atom stereocenters. The molecule has 1 saturated heterocycles. The maximum atomic E-state index is 13.1. The summed E-state index contributed by atoms with van der Waals surface area (Å²) in [5, 5.41) is 2.70. The Labute approximate surface area is 145 Å². The zero-order valence-corrected chi connectivity index (χ0v) is 14.0. The van der Waals surface area contributed by atoms with Gasteiger partial charge < -0.3 is 19.5 Å². The molecule has 0 atom stereocenters. The Morgan fingerprint density at radius 3 is 2.68 bits per heavy atom. The van der Waals surface area contributed by atoms with E-state index in [0.29, 0.717) is 49.7 Å². The van der Waals surface area contributed by atoms with Gasteiger partial charge in [0.15, 0.2) is 6.54 Å². The number of carbonyl (C=O) groups excluding carboxylic acids is 2. The minimum Gasteiger partial charge on any atom is -0.469 e. The summed E-state index contributed by atoms with van der Waals surface area (Å²) < 4.78 is 18.3. The number of aryl methyl sites for hydroxylation is 1. The molecular weight excluding hydrogens is 325 g/mol. The molecule has 0 saturated carbocycles. The van der Waals surface area contributed by atoms with Crippen LogP contribution in [0.15, 0.2) is 41.0 Å². The van der Waals surface area contributed by atoms with Crippen LogP contribution in [-0.4, -0.2) is 49.4 Å². The number of quaternary nitrogens is 1. The van der Waals surface area contributed by atoms with Gasteiger partial charge in [-0.1, -0.05) is 6.07 Å². The number of piperazine rings is 1. The first kappa shape index (κ1) is 17.2. The summed E-state index contributed by atoms with van der Waals surface area (Å²) in [6.07, 6.45) is 1.51. The molecule has 1 fully saturated rings. The number of furan rings is 1. The fourth-order valence-corrected chi connectivity index (χ4v) is 2.98. The van der Waals surface area contributed by atoms with E-state index in [4.69, 9.17) is 4.42 Å². The van der Waals surface area contributed by atoms with Gasteiger partial charge in [0, 0.05) is 5.69 Å².